The minimum Gasteiger partial charge on any atom is -0.0730 e. The van der Waals surface area contributed by atoms with E-state index in [2.05, 4.69) is 62.1 Å². The van der Waals surface area contributed by atoms with Crippen molar-refractivity contribution in [3.05, 3.63) is 47.5 Å². The standard InChI is InChI=1S/C37H56/c1-3-5-7-11-31-16-24-35(25-17-31)37-28-20-33(21-29-37)13-9-8-12-32-18-26-36(27-19-32)34-22-14-30(15-23-34)10-6-4-2/h8,12,20-21,28-32,34-36H,3-7,10-11,14-19,22-27H2,1-2H3/b12-8+/t30-,31-,32?,34-,35-,36?. The Labute approximate surface area is 230 Å². The van der Waals surface area contributed by atoms with Gasteiger partial charge >= 0.3 is 0 Å². The molecule has 0 unspecified atom stereocenters. The van der Waals surface area contributed by atoms with E-state index in [0.29, 0.717) is 0 Å². The molecule has 3 aliphatic rings. The van der Waals surface area contributed by atoms with Gasteiger partial charge in [0, 0.05) is 5.56 Å². The first-order valence-corrected chi connectivity index (χ1v) is 16.5. The highest BCUT2D eigenvalue weighted by Crippen LogP contribution is 2.42. The van der Waals surface area contributed by atoms with Crippen molar-refractivity contribution < 1.29 is 0 Å². The maximum Gasteiger partial charge on any atom is 0.0249 e. The molecule has 37 heavy (non-hydrogen) atoms. The molecule has 3 saturated carbocycles. The second kappa shape index (κ2) is 15.8. The fourth-order valence-electron chi connectivity index (χ4n) is 7.87. The Morgan fingerprint density at radius 1 is 0.649 bits per heavy atom. The third-order valence-corrected chi connectivity index (χ3v) is 10.5. The first-order chi connectivity index (χ1) is 18.2. The molecule has 0 aromatic heterocycles. The van der Waals surface area contributed by atoms with Crippen LogP contribution in [0.15, 0.2) is 36.4 Å². The van der Waals surface area contributed by atoms with Gasteiger partial charge in [-0.25, -0.2) is 0 Å². The Hall–Kier alpha value is -1.48. The predicted molar refractivity (Wildman–Crippen MR) is 162 cm³/mol. The molecular weight excluding hydrogens is 444 g/mol. The highest BCUT2D eigenvalue weighted by Gasteiger charge is 2.30. The Morgan fingerprint density at radius 3 is 1.84 bits per heavy atom. The van der Waals surface area contributed by atoms with Crippen LogP contribution in [0.2, 0.25) is 0 Å². The Balaban J connectivity index is 1.14. The van der Waals surface area contributed by atoms with Gasteiger partial charge < -0.3 is 0 Å². The molecule has 3 aliphatic carbocycles. The molecule has 0 saturated heterocycles. The lowest BCUT2D eigenvalue weighted by Crippen LogP contribution is -2.25. The van der Waals surface area contributed by atoms with E-state index < -0.39 is 0 Å². The van der Waals surface area contributed by atoms with Gasteiger partial charge in [-0.1, -0.05) is 102 Å². The van der Waals surface area contributed by atoms with E-state index in [1.54, 1.807) is 5.56 Å². The van der Waals surface area contributed by atoms with E-state index in [1.807, 2.05) is 0 Å². The van der Waals surface area contributed by atoms with Gasteiger partial charge in [-0.15, -0.1) is 0 Å². The summed E-state index contributed by atoms with van der Waals surface area (Å²) in [7, 11) is 0. The van der Waals surface area contributed by atoms with E-state index in [1.165, 1.54) is 128 Å². The van der Waals surface area contributed by atoms with E-state index in [9.17, 15) is 0 Å². The van der Waals surface area contributed by atoms with Gasteiger partial charge in [0.2, 0.25) is 0 Å². The van der Waals surface area contributed by atoms with Crippen molar-refractivity contribution in [1.29, 1.82) is 0 Å². The Bertz CT molecular complexity index is 824. The third kappa shape index (κ3) is 9.34. The average Bonchev–Trinajstić information content (AvgIpc) is 2.96. The first kappa shape index (κ1) is 28.5. The van der Waals surface area contributed by atoms with Gasteiger partial charge in [0.15, 0.2) is 0 Å². The topological polar surface area (TPSA) is 0 Å². The van der Waals surface area contributed by atoms with Crippen LogP contribution in [0.3, 0.4) is 0 Å². The summed E-state index contributed by atoms with van der Waals surface area (Å²) in [5.41, 5.74) is 2.71. The number of benzene rings is 1. The van der Waals surface area contributed by atoms with Gasteiger partial charge in [-0.05, 0) is 123 Å². The van der Waals surface area contributed by atoms with Crippen molar-refractivity contribution in [2.75, 3.05) is 0 Å². The van der Waals surface area contributed by atoms with E-state index in [0.717, 1.165) is 35.5 Å². The van der Waals surface area contributed by atoms with Crippen LogP contribution in [0.5, 0.6) is 0 Å². The Kier molecular flexibility index (Phi) is 12.2. The highest BCUT2D eigenvalue weighted by molar-refractivity contribution is 5.39. The second-order valence-electron chi connectivity index (χ2n) is 13.1. The molecule has 1 aromatic carbocycles. The summed E-state index contributed by atoms with van der Waals surface area (Å²) in [4.78, 5) is 0. The number of unbranched alkanes of at least 4 members (excludes halogenated alkanes) is 3. The molecule has 0 atom stereocenters. The molecule has 3 fully saturated rings. The lowest BCUT2D eigenvalue weighted by atomic mass is 9.68. The second-order valence-corrected chi connectivity index (χ2v) is 13.1. The summed E-state index contributed by atoms with van der Waals surface area (Å²) >= 11 is 0. The molecule has 0 radical (unpaired) electrons. The van der Waals surface area contributed by atoms with E-state index in [4.69, 9.17) is 0 Å². The van der Waals surface area contributed by atoms with Crippen molar-refractivity contribution in [3.63, 3.8) is 0 Å². The average molecular weight is 501 g/mol. The summed E-state index contributed by atoms with van der Waals surface area (Å²) in [6, 6.07) is 9.22. The molecule has 0 heteroatoms. The molecule has 0 nitrogen and oxygen atoms in total. The molecule has 0 heterocycles. The van der Waals surface area contributed by atoms with Gasteiger partial charge in [0.05, 0.1) is 0 Å². The van der Waals surface area contributed by atoms with Gasteiger partial charge in [0.25, 0.3) is 0 Å². The molecule has 0 spiro atoms. The van der Waals surface area contributed by atoms with E-state index in [-0.39, 0.29) is 0 Å². The van der Waals surface area contributed by atoms with Crippen LogP contribution in [0.4, 0.5) is 0 Å². The van der Waals surface area contributed by atoms with E-state index >= 15 is 0 Å². The zero-order chi connectivity index (χ0) is 25.7. The largest absolute Gasteiger partial charge is 0.0730 e. The predicted octanol–water partition coefficient (Wildman–Crippen LogP) is 11.3. The summed E-state index contributed by atoms with van der Waals surface area (Å²) in [6.45, 7) is 4.65. The minimum atomic E-state index is 0.755. The SMILES string of the molecule is CCCCC[C@H]1CC[C@H](c2ccc(C#C/C=C/C3CCC([C@H]4CC[C@H](CCCC)CC4)CC3)cc2)CC1. The molecule has 0 amide bonds. The number of rotatable bonds is 10. The first-order valence-electron chi connectivity index (χ1n) is 16.5. The fraction of sp³-hybridized carbons (Fsp3) is 0.730. The lowest BCUT2D eigenvalue weighted by Gasteiger charge is -2.37. The van der Waals surface area contributed by atoms with Crippen molar-refractivity contribution in [2.45, 2.75) is 142 Å². The van der Waals surface area contributed by atoms with Crippen molar-refractivity contribution in [3.8, 4) is 11.8 Å². The van der Waals surface area contributed by atoms with Crippen LogP contribution in [-0.4, -0.2) is 0 Å². The molecule has 0 aliphatic heterocycles. The zero-order valence-corrected chi connectivity index (χ0v) is 24.4. The molecule has 204 valence electrons. The zero-order valence-electron chi connectivity index (χ0n) is 24.4. The molecule has 0 bridgehead atoms. The van der Waals surface area contributed by atoms with Crippen molar-refractivity contribution in [2.24, 2.45) is 29.6 Å². The number of hydrogen-bond donors (Lipinski definition) is 0. The van der Waals surface area contributed by atoms with Crippen LogP contribution in [0.1, 0.15) is 153 Å². The normalized spacial score (nSPS) is 30.6. The molecule has 0 N–H and O–H groups in total. The fourth-order valence-corrected chi connectivity index (χ4v) is 7.87. The lowest BCUT2D eigenvalue weighted by molar-refractivity contribution is 0.152. The summed E-state index contributed by atoms with van der Waals surface area (Å²) in [6.07, 6.45) is 31.9. The Morgan fingerprint density at radius 2 is 1.22 bits per heavy atom. The van der Waals surface area contributed by atoms with Crippen LogP contribution in [0, 0.1) is 41.4 Å². The monoisotopic (exact) mass is 500 g/mol. The quantitative estimate of drug-likeness (QED) is 0.221. The smallest absolute Gasteiger partial charge is 0.0249 e. The maximum atomic E-state index is 3.39. The molecule has 4 rings (SSSR count). The van der Waals surface area contributed by atoms with Gasteiger partial charge in [-0.3, -0.25) is 0 Å². The van der Waals surface area contributed by atoms with Gasteiger partial charge in [-0.2, -0.15) is 0 Å². The number of allylic oxidation sites excluding steroid dienone is 2. The van der Waals surface area contributed by atoms with Gasteiger partial charge in [0.1, 0.15) is 0 Å². The van der Waals surface area contributed by atoms with Crippen LogP contribution in [0.25, 0.3) is 0 Å². The highest BCUT2D eigenvalue weighted by atomic mass is 14.4. The molecular formula is C37H56. The minimum absolute atomic E-state index is 0.755. The van der Waals surface area contributed by atoms with Crippen LogP contribution in [-0.2, 0) is 0 Å². The van der Waals surface area contributed by atoms with Crippen LogP contribution < -0.4 is 0 Å². The maximum absolute atomic E-state index is 3.39. The number of hydrogen-bond acceptors (Lipinski definition) is 0. The van der Waals surface area contributed by atoms with Crippen molar-refractivity contribution in [1.82, 2.24) is 0 Å². The third-order valence-electron chi connectivity index (χ3n) is 10.5. The van der Waals surface area contributed by atoms with Crippen molar-refractivity contribution >= 4 is 0 Å². The molecule has 1 aromatic rings. The summed E-state index contributed by atoms with van der Waals surface area (Å²) < 4.78 is 0. The summed E-state index contributed by atoms with van der Waals surface area (Å²) in [5.74, 6) is 12.3. The van der Waals surface area contributed by atoms with Crippen LogP contribution >= 0.6 is 0 Å². The summed E-state index contributed by atoms with van der Waals surface area (Å²) in [5, 5.41) is 0.